The second kappa shape index (κ2) is 10.6. The number of quaternary nitrogens is 1. The molecule has 0 radical (unpaired) electrons. The van der Waals surface area contributed by atoms with Crippen molar-refractivity contribution in [1.82, 2.24) is 10.6 Å². The first-order valence-electron chi connectivity index (χ1n) is 10.4. The third-order valence-electron chi connectivity index (χ3n) is 5.39. The van der Waals surface area contributed by atoms with Crippen LogP contribution in [0.4, 0.5) is 0 Å². The number of nitrogens with one attached hydrogen (secondary N) is 3. The number of rotatable bonds is 9. The number of fused-ring (bicyclic) bond motifs is 1. The summed E-state index contributed by atoms with van der Waals surface area (Å²) in [7, 11) is 5.72. The van der Waals surface area contributed by atoms with Crippen LogP contribution < -0.4 is 20.3 Å². The van der Waals surface area contributed by atoms with Crippen LogP contribution in [0.25, 0.3) is 10.8 Å². The number of hydrogen-bond acceptors (Lipinski definition) is 3. The van der Waals surface area contributed by atoms with Gasteiger partial charge < -0.3 is 20.3 Å². The van der Waals surface area contributed by atoms with Gasteiger partial charge in [0.1, 0.15) is 11.8 Å². The zero-order valence-electron chi connectivity index (χ0n) is 18.3. The van der Waals surface area contributed by atoms with Crippen molar-refractivity contribution >= 4 is 22.6 Å². The van der Waals surface area contributed by atoms with Crippen LogP contribution in [0.3, 0.4) is 0 Å². The van der Waals surface area contributed by atoms with E-state index < -0.39 is 0 Å². The van der Waals surface area contributed by atoms with Gasteiger partial charge in [0.25, 0.3) is 0 Å². The summed E-state index contributed by atoms with van der Waals surface area (Å²) >= 11 is 0. The molecule has 0 unspecified atom stereocenters. The van der Waals surface area contributed by atoms with E-state index in [2.05, 4.69) is 10.6 Å². The Morgan fingerprint density at radius 3 is 2.39 bits per heavy atom. The van der Waals surface area contributed by atoms with Gasteiger partial charge in [0.15, 0.2) is 0 Å². The second-order valence-electron chi connectivity index (χ2n) is 7.77. The van der Waals surface area contributed by atoms with Crippen LogP contribution in [0.1, 0.15) is 17.2 Å². The van der Waals surface area contributed by atoms with E-state index in [-0.39, 0.29) is 30.8 Å². The molecule has 3 aromatic carbocycles. The number of amides is 2. The van der Waals surface area contributed by atoms with E-state index in [9.17, 15) is 9.59 Å². The lowest BCUT2D eigenvalue weighted by atomic mass is 10.0. The molecule has 0 fully saturated rings. The first kappa shape index (κ1) is 22.3. The highest BCUT2D eigenvalue weighted by atomic mass is 16.5. The largest absolute Gasteiger partial charge is 0.496 e. The van der Waals surface area contributed by atoms with Crippen molar-refractivity contribution in [2.75, 3.05) is 34.3 Å². The zero-order chi connectivity index (χ0) is 22.2. The summed E-state index contributed by atoms with van der Waals surface area (Å²) in [5.41, 5.74) is 1.98. The molecule has 0 aromatic heterocycles. The van der Waals surface area contributed by atoms with Crippen molar-refractivity contribution in [2.24, 2.45) is 0 Å². The number of carbonyl (C=O) groups excluding carboxylic acids is 2. The molecule has 0 aliphatic rings. The van der Waals surface area contributed by atoms with Gasteiger partial charge in [-0.3, -0.25) is 9.59 Å². The van der Waals surface area contributed by atoms with Crippen LogP contribution in [-0.4, -0.2) is 46.1 Å². The number of carbonyl (C=O) groups is 2. The van der Waals surface area contributed by atoms with Crippen LogP contribution in [0, 0.1) is 0 Å². The number of methoxy groups -OCH3 is 1. The zero-order valence-corrected chi connectivity index (χ0v) is 18.3. The molecule has 1 atom stereocenters. The molecule has 3 aromatic rings. The minimum atomic E-state index is -0.215. The summed E-state index contributed by atoms with van der Waals surface area (Å²) < 4.78 is 5.47. The SMILES string of the molecule is COc1ccccc1[C@@H](CNC(=O)CNC(=O)Cc1cccc2ccccc12)[NH+](C)C. The molecular weight excluding hydrogens is 390 g/mol. The molecule has 0 saturated heterocycles. The van der Waals surface area contributed by atoms with E-state index in [4.69, 9.17) is 4.74 Å². The monoisotopic (exact) mass is 420 g/mol. The Morgan fingerprint density at radius 2 is 1.61 bits per heavy atom. The number of hydrogen-bond donors (Lipinski definition) is 3. The standard InChI is InChI=1S/C25H29N3O3/c1-28(2)22(21-13-6-7-14-23(21)31-3)16-26-25(30)17-27-24(29)15-19-11-8-10-18-9-4-5-12-20(18)19/h4-14,22H,15-17H2,1-3H3,(H,26,30)(H,27,29)/p+1/t22-/m1/s1. The average Bonchev–Trinajstić information content (AvgIpc) is 2.78. The molecule has 6 heteroatoms. The minimum absolute atomic E-state index is 0.0338. The van der Waals surface area contributed by atoms with Gasteiger partial charge in [0.05, 0.1) is 46.3 Å². The van der Waals surface area contributed by atoms with Crippen molar-refractivity contribution in [1.29, 1.82) is 0 Å². The van der Waals surface area contributed by atoms with E-state index in [0.717, 1.165) is 27.6 Å². The third kappa shape index (κ3) is 5.83. The Balaban J connectivity index is 1.53. The molecule has 0 spiro atoms. The van der Waals surface area contributed by atoms with Crippen molar-refractivity contribution in [3.05, 3.63) is 77.9 Å². The minimum Gasteiger partial charge on any atom is -0.496 e. The summed E-state index contributed by atoms with van der Waals surface area (Å²) in [6.45, 7) is 0.395. The average molecular weight is 421 g/mol. The van der Waals surface area contributed by atoms with Gasteiger partial charge >= 0.3 is 0 Å². The van der Waals surface area contributed by atoms with Crippen molar-refractivity contribution < 1.29 is 19.2 Å². The van der Waals surface area contributed by atoms with Crippen LogP contribution in [0.15, 0.2) is 66.7 Å². The summed E-state index contributed by atoms with van der Waals surface area (Å²) in [6, 6.07) is 21.7. The van der Waals surface area contributed by atoms with E-state index >= 15 is 0 Å². The highest BCUT2D eigenvalue weighted by Crippen LogP contribution is 2.22. The maximum Gasteiger partial charge on any atom is 0.239 e. The Kier molecular flexibility index (Phi) is 7.62. The van der Waals surface area contributed by atoms with Crippen molar-refractivity contribution in [3.63, 3.8) is 0 Å². The maximum absolute atomic E-state index is 12.4. The fraction of sp³-hybridized carbons (Fsp3) is 0.280. The van der Waals surface area contributed by atoms with Crippen LogP contribution in [0.5, 0.6) is 5.75 Å². The first-order valence-corrected chi connectivity index (χ1v) is 10.4. The van der Waals surface area contributed by atoms with Gasteiger partial charge in [0.2, 0.25) is 11.8 Å². The number of ether oxygens (including phenoxy) is 1. The number of para-hydroxylation sites is 1. The Labute approximate surface area is 183 Å². The number of benzene rings is 3. The number of likely N-dealkylation sites (N-methyl/N-ethyl adjacent to an activating group) is 1. The van der Waals surface area contributed by atoms with Crippen molar-refractivity contribution in [2.45, 2.75) is 12.5 Å². The molecule has 0 saturated carbocycles. The lowest BCUT2D eigenvalue weighted by Crippen LogP contribution is -3.07. The Bertz CT molecular complexity index is 1040. The van der Waals surface area contributed by atoms with Crippen molar-refractivity contribution in [3.8, 4) is 5.75 Å². The summed E-state index contributed by atoms with van der Waals surface area (Å²) in [5.74, 6) is 0.407. The smallest absolute Gasteiger partial charge is 0.239 e. The van der Waals surface area contributed by atoms with E-state index in [0.29, 0.717) is 6.54 Å². The lowest BCUT2D eigenvalue weighted by molar-refractivity contribution is -0.890. The molecule has 3 N–H and O–H groups in total. The molecule has 0 aliphatic carbocycles. The topological polar surface area (TPSA) is 71.9 Å². The lowest BCUT2D eigenvalue weighted by Gasteiger charge is -2.23. The second-order valence-corrected chi connectivity index (χ2v) is 7.77. The van der Waals surface area contributed by atoms with Crippen LogP contribution >= 0.6 is 0 Å². The molecule has 0 bridgehead atoms. The van der Waals surface area contributed by atoms with E-state index in [1.165, 1.54) is 4.90 Å². The quantitative estimate of drug-likeness (QED) is 0.491. The van der Waals surface area contributed by atoms with Crippen LogP contribution in [0.2, 0.25) is 0 Å². The third-order valence-corrected chi connectivity index (χ3v) is 5.39. The highest BCUT2D eigenvalue weighted by Gasteiger charge is 2.22. The summed E-state index contributed by atoms with van der Waals surface area (Å²) in [4.78, 5) is 25.9. The van der Waals surface area contributed by atoms with Gasteiger partial charge in [-0.05, 0) is 28.5 Å². The molecule has 0 aliphatic heterocycles. The fourth-order valence-corrected chi connectivity index (χ4v) is 3.72. The molecule has 31 heavy (non-hydrogen) atoms. The van der Waals surface area contributed by atoms with E-state index in [1.54, 1.807) is 7.11 Å². The molecule has 3 rings (SSSR count). The molecule has 162 valence electrons. The normalized spacial score (nSPS) is 11.9. The van der Waals surface area contributed by atoms with Gasteiger partial charge in [0, 0.05) is 0 Å². The first-order chi connectivity index (χ1) is 15.0. The van der Waals surface area contributed by atoms with Gasteiger partial charge in [-0.15, -0.1) is 0 Å². The highest BCUT2D eigenvalue weighted by molar-refractivity contribution is 5.91. The Hall–Kier alpha value is -3.38. The molecule has 2 amide bonds. The summed E-state index contributed by atoms with van der Waals surface area (Å²) in [6.07, 6.45) is 0.236. The fourth-order valence-electron chi connectivity index (χ4n) is 3.72. The molecule has 6 nitrogen and oxygen atoms in total. The predicted molar refractivity (Wildman–Crippen MR) is 122 cm³/mol. The molecule has 0 heterocycles. The maximum atomic E-state index is 12.4. The van der Waals surface area contributed by atoms with Gasteiger partial charge in [-0.2, -0.15) is 0 Å². The van der Waals surface area contributed by atoms with Gasteiger partial charge in [-0.1, -0.05) is 54.6 Å². The molecular formula is C25H30N3O3+. The predicted octanol–water partition coefficient (Wildman–Crippen LogP) is 1.51. The van der Waals surface area contributed by atoms with Gasteiger partial charge in [-0.25, -0.2) is 0 Å². The summed E-state index contributed by atoms with van der Waals surface area (Å²) in [5, 5.41) is 7.81. The van der Waals surface area contributed by atoms with Crippen LogP contribution in [-0.2, 0) is 16.0 Å². The van der Waals surface area contributed by atoms with E-state index in [1.807, 2.05) is 80.8 Å². The Morgan fingerprint density at radius 1 is 0.903 bits per heavy atom.